The minimum Gasteiger partial charge on any atom is -0.366 e. The van der Waals surface area contributed by atoms with Gasteiger partial charge in [-0.15, -0.1) is 0 Å². The van der Waals surface area contributed by atoms with Gasteiger partial charge in [0.05, 0.1) is 0 Å². The van der Waals surface area contributed by atoms with Crippen molar-refractivity contribution in [3.05, 3.63) is 71.8 Å². The van der Waals surface area contributed by atoms with Crippen molar-refractivity contribution in [2.45, 2.75) is 32.0 Å². The second kappa shape index (κ2) is 5.39. The first-order chi connectivity index (χ1) is 9.37. The smallest absolute Gasteiger partial charge is 0.163 e. The van der Waals surface area contributed by atoms with Gasteiger partial charge in [-0.1, -0.05) is 74.5 Å². The van der Waals surface area contributed by atoms with Crippen molar-refractivity contribution in [2.24, 2.45) is 5.92 Å². The number of hydrogen-bond acceptors (Lipinski definition) is 2. The summed E-state index contributed by atoms with van der Waals surface area (Å²) in [6, 6.07) is 20.0. The Morgan fingerprint density at radius 1 is 0.750 bits per heavy atom. The maximum Gasteiger partial charge on any atom is 0.163 e. The minimum absolute atomic E-state index is 0.361. The van der Waals surface area contributed by atoms with Crippen molar-refractivity contribution < 1.29 is 10.2 Å². The molecule has 0 aliphatic carbocycles. The van der Waals surface area contributed by atoms with Gasteiger partial charge in [0.2, 0.25) is 0 Å². The summed E-state index contributed by atoms with van der Waals surface area (Å²) in [6.45, 7) is 5.38. The molecule has 0 amide bonds. The molecule has 0 saturated carbocycles. The van der Waals surface area contributed by atoms with Gasteiger partial charge in [-0.05, 0) is 18.1 Å². The van der Waals surface area contributed by atoms with Crippen LogP contribution < -0.4 is 0 Å². The third kappa shape index (κ3) is 2.62. The lowest BCUT2D eigenvalue weighted by atomic mass is 9.65. The molecule has 106 valence electrons. The van der Waals surface area contributed by atoms with Gasteiger partial charge < -0.3 is 10.2 Å². The van der Waals surface area contributed by atoms with Gasteiger partial charge in [0.25, 0.3) is 0 Å². The summed E-state index contributed by atoms with van der Waals surface area (Å²) < 4.78 is 0. The highest BCUT2D eigenvalue weighted by Gasteiger charge is 2.43. The number of aliphatic hydroxyl groups is 2. The van der Waals surface area contributed by atoms with Gasteiger partial charge in [-0.25, -0.2) is 0 Å². The van der Waals surface area contributed by atoms with Gasteiger partial charge in [0, 0.05) is 11.3 Å². The Kier molecular flexibility index (Phi) is 3.98. The predicted octanol–water partition coefficient (Wildman–Crippen LogP) is 3.33. The Labute approximate surface area is 120 Å². The Balaban J connectivity index is 2.61. The summed E-state index contributed by atoms with van der Waals surface area (Å²) in [5, 5.41) is 20.2. The quantitative estimate of drug-likeness (QED) is 0.837. The molecule has 2 rings (SSSR count). The van der Waals surface area contributed by atoms with E-state index >= 15 is 0 Å². The molecule has 20 heavy (non-hydrogen) atoms. The highest BCUT2D eigenvalue weighted by Crippen LogP contribution is 2.42. The molecular formula is C18H22O2. The second-order valence-electron chi connectivity index (χ2n) is 5.75. The molecule has 0 saturated heterocycles. The third-order valence-electron chi connectivity index (χ3n) is 4.43. The summed E-state index contributed by atoms with van der Waals surface area (Å²) in [5.74, 6) is -2.11. The monoisotopic (exact) mass is 270 g/mol. The van der Waals surface area contributed by atoms with Crippen LogP contribution in [-0.2, 0) is 5.41 Å². The van der Waals surface area contributed by atoms with Crippen LogP contribution in [-0.4, -0.2) is 16.0 Å². The molecule has 1 unspecified atom stereocenters. The van der Waals surface area contributed by atoms with Crippen molar-refractivity contribution >= 4 is 0 Å². The first kappa shape index (κ1) is 14.8. The van der Waals surface area contributed by atoms with Crippen LogP contribution >= 0.6 is 0 Å². The number of benzene rings is 2. The van der Waals surface area contributed by atoms with Crippen LogP contribution in [0.2, 0.25) is 0 Å². The van der Waals surface area contributed by atoms with Gasteiger partial charge in [-0.3, -0.25) is 0 Å². The molecule has 2 nitrogen and oxygen atoms in total. The van der Waals surface area contributed by atoms with E-state index in [9.17, 15) is 10.2 Å². The zero-order chi connectivity index (χ0) is 14.8. The molecule has 0 spiro atoms. The number of rotatable bonds is 4. The molecule has 2 heteroatoms. The van der Waals surface area contributed by atoms with Crippen molar-refractivity contribution in [2.75, 3.05) is 0 Å². The van der Waals surface area contributed by atoms with Crippen LogP contribution in [0.5, 0.6) is 0 Å². The fourth-order valence-electron chi connectivity index (χ4n) is 2.78. The standard InChI is InChI=1S/C18H22O2/c1-14(18(3,19)20)17(2,15-10-6-4-7-11-15)16-12-8-5-9-13-16/h4-14,19-20H,1-3H3. The molecule has 0 aromatic heterocycles. The summed E-state index contributed by atoms with van der Waals surface area (Å²) in [5.41, 5.74) is 1.68. The molecule has 1 atom stereocenters. The highest BCUT2D eigenvalue weighted by molar-refractivity contribution is 5.39. The van der Waals surface area contributed by atoms with Gasteiger partial charge in [0.15, 0.2) is 5.79 Å². The maximum absolute atomic E-state index is 10.1. The molecule has 0 radical (unpaired) electrons. The molecule has 2 aromatic carbocycles. The van der Waals surface area contributed by atoms with E-state index in [1.54, 1.807) is 0 Å². The van der Waals surface area contributed by atoms with E-state index in [0.29, 0.717) is 0 Å². The fraction of sp³-hybridized carbons (Fsp3) is 0.333. The van der Waals surface area contributed by atoms with Crippen molar-refractivity contribution in [3.63, 3.8) is 0 Å². The zero-order valence-corrected chi connectivity index (χ0v) is 12.2. The van der Waals surface area contributed by atoms with Crippen molar-refractivity contribution in [1.82, 2.24) is 0 Å². The largest absolute Gasteiger partial charge is 0.366 e. The Hall–Kier alpha value is -1.64. The average Bonchev–Trinajstić information content (AvgIpc) is 2.46. The lowest BCUT2D eigenvalue weighted by Gasteiger charge is -2.42. The van der Waals surface area contributed by atoms with E-state index in [1.807, 2.05) is 67.6 Å². The molecular weight excluding hydrogens is 248 g/mol. The third-order valence-corrected chi connectivity index (χ3v) is 4.43. The average molecular weight is 270 g/mol. The number of hydrogen-bond donors (Lipinski definition) is 2. The van der Waals surface area contributed by atoms with Gasteiger partial charge in [-0.2, -0.15) is 0 Å². The normalized spacial score (nSPS) is 14.1. The molecule has 0 aliphatic heterocycles. The van der Waals surface area contributed by atoms with Crippen LogP contribution in [0.4, 0.5) is 0 Å². The Morgan fingerprint density at radius 3 is 1.40 bits per heavy atom. The lowest BCUT2D eigenvalue weighted by Crippen LogP contribution is -2.46. The maximum atomic E-state index is 10.1. The lowest BCUT2D eigenvalue weighted by molar-refractivity contribution is -0.192. The van der Waals surface area contributed by atoms with E-state index in [2.05, 4.69) is 6.92 Å². The predicted molar refractivity (Wildman–Crippen MR) is 81.3 cm³/mol. The van der Waals surface area contributed by atoms with Crippen LogP contribution in [0, 0.1) is 5.92 Å². The van der Waals surface area contributed by atoms with Crippen molar-refractivity contribution in [1.29, 1.82) is 0 Å². The Bertz CT molecular complexity index is 501. The molecule has 0 heterocycles. The van der Waals surface area contributed by atoms with Gasteiger partial charge >= 0.3 is 0 Å². The van der Waals surface area contributed by atoms with Crippen LogP contribution in [0.1, 0.15) is 31.9 Å². The molecule has 2 N–H and O–H groups in total. The first-order valence-electron chi connectivity index (χ1n) is 6.92. The van der Waals surface area contributed by atoms with E-state index in [4.69, 9.17) is 0 Å². The molecule has 0 bridgehead atoms. The zero-order valence-electron chi connectivity index (χ0n) is 12.2. The summed E-state index contributed by atoms with van der Waals surface area (Å²) in [6.07, 6.45) is 0. The van der Waals surface area contributed by atoms with Gasteiger partial charge in [0.1, 0.15) is 0 Å². The first-order valence-corrected chi connectivity index (χ1v) is 6.92. The fourth-order valence-corrected chi connectivity index (χ4v) is 2.78. The second-order valence-corrected chi connectivity index (χ2v) is 5.75. The van der Waals surface area contributed by atoms with E-state index in [1.165, 1.54) is 6.92 Å². The van der Waals surface area contributed by atoms with E-state index in [-0.39, 0.29) is 5.92 Å². The molecule has 0 fully saturated rings. The minimum atomic E-state index is -1.75. The van der Waals surface area contributed by atoms with Crippen LogP contribution in [0.3, 0.4) is 0 Å². The highest BCUT2D eigenvalue weighted by atomic mass is 16.5. The summed E-state index contributed by atoms with van der Waals surface area (Å²) in [4.78, 5) is 0. The molecule has 2 aromatic rings. The van der Waals surface area contributed by atoms with Crippen molar-refractivity contribution in [3.8, 4) is 0 Å². The van der Waals surface area contributed by atoms with E-state index in [0.717, 1.165) is 11.1 Å². The summed E-state index contributed by atoms with van der Waals surface area (Å²) in [7, 11) is 0. The summed E-state index contributed by atoms with van der Waals surface area (Å²) >= 11 is 0. The molecule has 0 aliphatic rings. The SMILES string of the molecule is CC(C(C)(O)O)C(C)(c1ccccc1)c1ccccc1. The van der Waals surface area contributed by atoms with E-state index < -0.39 is 11.2 Å². The topological polar surface area (TPSA) is 40.5 Å². The van der Waals surface area contributed by atoms with Crippen LogP contribution in [0.15, 0.2) is 60.7 Å². The van der Waals surface area contributed by atoms with Crippen LogP contribution in [0.25, 0.3) is 0 Å². The Morgan fingerprint density at radius 2 is 1.10 bits per heavy atom.